The van der Waals surface area contributed by atoms with E-state index >= 15 is 0 Å². The Labute approximate surface area is 126 Å². The van der Waals surface area contributed by atoms with Crippen molar-refractivity contribution in [2.75, 3.05) is 6.79 Å². The lowest BCUT2D eigenvalue weighted by Gasteiger charge is -2.02. The minimum atomic E-state index is -0.472. The van der Waals surface area contributed by atoms with Gasteiger partial charge >= 0.3 is 0 Å². The number of nitriles is 1. The molecule has 0 fully saturated rings. The average Bonchev–Trinajstić information content (AvgIpc) is 3.00. The van der Waals surface area contributed by atoms with Crippen molar-refractivity contribution in [3.8, 4) is 17.6 Å². The molecule has 108 valence electrons. The Morgan fingerprint density at radius 1 is 1.23 bits per heavy atom. The fourth-order valence-corrected chi connectivity index (χ4v) is 2.18. The van der Waals surface area contributed by atoms with Crippen LogP contribution in [-0.2, 0) is 0 Å². The van der Waals surface area contributed by atoms with Crippen LogP contribution in [-0.4, -0.2) is 11.7 Å². The van der Waals surface area contributed by atoms with E-state index in [0.717, 1.165) is 0 Å². The van der Waals surface area contributed by atoms with Crippen LogP contribution in [0.2, 0.25) is 0 Å². The number of nitrogens with zero attached hydrogens (tertiary/aromatic N) is 2. The van der Waals surface area contributed by atoms with E-state index in [4.69, 9.17) is 9.47 Å². The van der Waals surface area contributed by atoms with Crippen molar-refractivity contribution in [1.82, 2.24) is 0 Å². The lowest BCUT2D eigenvalue weighted by Crippen LogP contribution is -1.93. The standard InChI is InChI=1S/C16H10N2O4/c17-9-13(7-12-3-1-2-4-14(12)18(19)20)11-5-6-15-16(8-11)22-10-21-15/h1-8H,10H2/b13-7-. The van der Waals surface area contributed by atoms with Gasteiger partial charge in [-0.1, -0.05) is 12.1 Å². The smallest absolute Gasteiger partial charge is 0.276 e. The summed E-state index contributed by atoms with van der Waals surface area (Å²) in [6.45, 7) is 0.147. The predicted octanol–water partition coefficient (Wildman–Crippen LogP) is 3.39. The summed E-state index contributed by atoms with van der Waals surface area (Å²) < 4.78 is 10.5. The molecule has 0 amide bonds. The van der Waals surface area contributed by atoms with Gasteiger partial charge in [0.1, 0.15) is 0 Å². The fourth-order valence-electron chi connectivity index (χ4n) is 2.18. The summed E-state index contributed by atoms with van der Waals surface area (Å²) in [5.41, 5.74) is 1.26. The molecule has 0 unspecified atom stereocenters. The van der Waals surface area contributed by atoms with Gasteiger partial charge in [-0.15, -0.1) is 0 Å². The molecule has 0 bridgehead atoms. The van der Waals surface area contributed by atoms with Crippen LogP contribution in [0.5, 0.6) is 11.5 Å². The molecule has 1 aliphatic heterocycles. The van der Waals surface area contributed by atoms with Gasteiger partial charge in [0.05, 0.1) is 22.1 Å². The summed E-state index contributed by atoms with van der Waals surface area (Å²) in [5.74, 6) is 1.17. The van der Waals surface area contributed by atoms with Gasteiger partial charge in [0.2, 0.25) is 6.79 Å². The zero-order valence-electron chi connectivity index (χ0n) is 11.4. The molecule has 0 aromatic heterocycles. The third-order valence-electron chi connectivity index (χ3n) is 3.24. The van der Waals surface area contributed by atoms with Gasteiger partial charge in [0.15, 0.2) is 11.5 Å². The van der Waals surface area contributed by atoms with E-state index in [-0.39, 0.29) is 12.5 Å². The molecule has 2 aromatic rings. The molecule has 6 heteroatoms. The van der Waals surface area contributed by atoms with Gasteiger partial charge in [-0.2, -0.15) is 5.26 Å². The molecule has 0 N–H and O–H groups in total. The van der Waals surface area contributed by atoms with E-state index in [0.29, 0.717) is 28.2 Å². The number of hydrogen-bond donors (Lipinski definition) is 0. The summed E-state index contributed by atoms with van der Waals surface area (Å²) in [6.07, 6.45) is 1.50. The summed E-state index contributed by atoms with van der Waals surface area (Å²) in [7, 11) is 0. The largest absolute Gasteiger partial charge is 0.454 e. The van der Waals surface area contributed by atoms with Crippen LogP contribution in [0.3, 0.4) is 0 Å². The number of nitro groups is 1. The van der Waals surface area contributed by atoms with Crippen LogP contribution < -0.4 is 9.47 Å². The highest BCUT2D eigenvalue weighted by Crippen LogP contribution is 2.35. The van der Waals surface area contributed by atoms with E-state index in [9.17, 15) is 15.4 Å². The molecule has 0 spiro atoms. The fraction of sp³-hybridized carbons (Fsp3) is 0.0625. The Bertz CT molecular complexity index is 821. The van der Waals surface area contributed by atoms with E-state index in [1.807, 2.05) is 0 Å². The Morgan fingerprint density at radius 2 is 2.00 bits per heavy atom. The number of rotatable bonds is 3. The molecule has 0 saturated heterocycles. The number of benzene rings is 2. The van der Waals surface area contributed by atoms with Crippen molar-refractivity contribution >= 4 is 17.3 Å². The maximum absolute atomic E-state index is 11.0. The molecular weight excluding hydrogens is 284 g/mol. The van der Waals surface area contributed by atoms with Gasteiger partial charge in [-0.25, -0.2) is 0 Å². The number of hydrogen-bond acceptors (Lipinski definition) is 5. The van der Waals surface area contributed by atoms with Gasteiger partial charge in [-0.05, 0) is 35.9 Å². The first-order valence-corrected chi connectivity index (χ1v) is 6.44. The minimum absolute atomic E-state index is 0.0454. The molecule has 0 saturated carbocycles. The number of nitro benzene ring substituents is 1. The highest BCUT2D eigenvalue weighted by Gasteiger charge is 2.16. The third kappa shape index (κ3) is 2.47. The molecule has 3 rings (SSSR count). The monoisotopic (exact) mass is 294 g/mol. The molecule has 0 radical (unpaired) electrons. The first-order chi connectivity index (χ1) is 10.7. The van der Waals surface area contributed by atoms with Gasteiger partial charge in [0, 0.05) is 6.07 Å². The molecular formula is C16H10N2O4. The molecule has 2 aromatic carbocycles. The first kappa shape index (κ1) is 13.6. The van der Waals surface area contributed by atoms with E-state index < -0.39 is 4.92 Å². The Hall–Kier alpha value is -3.33. The van der Waals surface area contributed by atoms with Crippen molar-refractivity contribution in [2.45, 2.75) is 0 Å². The lowest BCUT2D eigenvalue weighted by atomic mass is 10.0. The van der Waals surface area contributed by atoms with Crippen LogP contribution >= 0.6 is 0 Å². The lowest BCUT2D eigenvalue weighted by molar-refractivity contribution is -0.385. The molecule has 6 nitrogen and oxygen atoms in total. The van der Waals surface area contributed by atoms with Crippen LogP contribution in [0.25, 0.3) is 11.6 Å². The van der Waals surface area contributed by atoms with Crippen LogP contribution in [0, 0.1) is 21.4 Å². The quantitative estimate of drug-likeness (QED) is 0.375. The van der Waals surface area contributed by atoms with Crippen molar-refractivity contribution in [3.63, 3.8) is 0 Å². The number of ether oxygens (including phenoxy) is 2. The second kappa shape index (κ2) is 5.58. The summed E-state index contributed by atoms with van der Waals surface area (Å²) in [4.78, 5) is 10.6. The summed E-state index contributed by atoms with van der Waals surface area (Å²) >= 11 is 0. The average molecular weight is 294 g/mol. The summed E-state index contributed by atoms with van der Waals surface area (Å²) in [5, 5.41) is 20.4. The van der Waals surface area contributed by atoms with Crippen LogP contribution in [0.15, 0.2) is 42.5 Å². The third-order valence-corrected chi connectivity index (χ3v) is 3.24. The highest BCUT2D eigenvalue weighted by molar-refractivity contribution is 5.91. The molecule has 1 heterocycles. The molecule has 1 aliphatic rings. The number of allylic oxidation sites excluding steroid dienone is 1. The predicted molar refractivity (Wildman–Crippen MR) is 79.1 cm³/mol. The SMILES string of the molecule is N#C/C(=C/c1ccccc1[N+](=O)[O-])c1ccc2c(c1)OCO2. The second-order valence-corrected chi connectivity index (χ2v) is 4.55. The Kier molecular flexibility index (Phi) is 3.46. The van der Waals surface area contributed by atoms with E-state index in [1.165, 1.54) is 12.1 Å². The maximum atomic E-state index is 11.0. The molecule has 0 atom stereocenters. The second-order valence-electron chi connectivity index (χ2n) is 4.55. The van der Waals surface area contributed by atoms with Crippen molar-refractivity contribution in [2.24, 2.45) is 0 Å². The molecule has 0 aliphatic carbocycles. The summed E-state index contributed by atoms with van der Waals surface area (Å²) in [6, 6.07) is 13.5. The van der Waals surface area contributed by atoms with E-state index in [1.54, 1.807) is 36.4 Å². The van der Waals surface area contributed by atoms with Gasteiger partial charge < -0.3 is 9.47 Å². The minimum Gasteiger partial charge on any atom is -0.454 e. The normalized spacial score (nSPS) is 12.8. The number of fused-ring (bicyclic) bond motifs is 1. The highest BCUT2D eigenvalue weighted by atomic mass is 16.7. The Balaban J connectivity index is 2.05. The van der Waals surface area contributed by atoms with Crippen LogP contribution in [0.4, 0.5) is 5.69 Å². The topological polar surface area (TPSA) is 85.4 Å². The van der Waals surface area contributed by atoms with Crippen molar-refractivity contribution in [3.05, 3.63) is 63.7 Å². The van der Waals surface area contributed by atoms with Crippen molar-refractivity contribution in [1.29, 1.82) is 5.26 Å². The number of para-hydroxylation sites is 1. The first-order valence-electron chi connectivity index (χ1n) is 6.44. The zero-order valence-corrected chi connectivity index (χ0v) is 11.4. The molecule has 22 heavy (non-hydrogen) atoms. The zero-order chi connectivity index (χ0) is 15.5. The van der Waals surface area contributed by atoms with Gasteiger partial charge in [-0.3, -0.25) is 10.1 Å². The van der Waals surface area contributed by atoms with Crippen LogP contribution in [0.1, 0.15) is 11.1 Å². The van der Waals surface area contributed by atoms with E-state index in [2.05, 4.69) is 6.07 Å². The Morgan fingerprint density at radius 3 is 2.77 bits per heavy atom. The van der Waals surface area contributed by atoms with Gasteiger partial charge in [0.25, 0.3) is 5.69 Å². The van der Waals surface area contributed by atoms with Crippen molar-refractivity contribution < 1.29 is 14.4 Å². The maximum Gasteiger partial charge on any atom is 0.276 e.